The number of nitrogens with one attached hydrogen (secondary N) is 1. The van der Waals surface area contributed by atoms with E-state index >= 15 is 0 Å². The van der Waals surface area contributed by atoms with Gasteiger partial charge in [-0.2, -0.15) is 18.3 Å². The number of carbonyl (C=O) groups is 1. The number of ketones is 1. The Hall–Kier alpha value is -1.44. The lowest BCUT2D eigenvalue weighted by Gasteiger charge is -2.29. The molecule has 0 amide bonds. The maximum absolute atomic E-state index is 13.2. The zero-order valence-electron chi connectivity index (χ0n) is 11.2. The number of carbonyl (C=O) groups excluding carboxylic acids is 1. The van der Waals surface area contributed by atoms with Crippen LogP contribution < -0.4 is 5.32 Å². The third-order valence-electron chi connectivity index (χ3n) is 3.68. The lowest BCUT2D eigenvalue weighted by atomic mass is 9.80. The van der Waals surface area contributed by atoms with Crippen molar-refractivity contribution in [2.75, 3.05) is 13.1 Å². The largest absolute Gasteiger partial charge is 0.402 e. The van der Waals surface area contributed by atoms with Crippen molar-refractivity contribution in [2.45, 2.75) is 38.9 Å². The second-order valence-corrected chi connectivity index (χ2v) is 5.01. The molecule has 1 aromatic rings. The van der Waals surface area contributed by atoms with E-state index in [0.29, 0.717) is 12.4 Å². The van der Waals surface area contributed by atoms with Crippen LogP contribution in [-0.2, 0) is 17.8 Å². The fraction of sp³-hybridized carbons (Fsp3) is 0.750. The van der Waals surface area contributed by atoms with E-state index in [1.54, 1.807) is 0 Å². The van der Waals surface area contributed by atoms with Crippen LogP contribution in [0.1, 0.15) is 25.6 Å². The molecule has 1 atom stereocenters. The van der Waals surface area contributed by atoms with Gasteiger partial charge in [0.2, 0.25) is 0 Å². The zero-order chi connectivity index (χ0) is 14.8. The summed E-state index contributed by atoms with van der Waals surface area (Å²) in [5.74, 6) is -0.535. The van der Waals surface area contributed by atoms with Crippen molar-refractivity contribution in [3.8, 4) is 0 Å². The molecule has 0 bridgehead atoms. The van der Waals surface area contributed by atoms with E-state index in [0.717, 1.165) is 6.42 Å². The molecule has 0 saturated carbocycles. The zero-order valence-corrected chi connectivity index (χ0v) is 11.2. The van der Waals surface area contributed by atoms with Crippen LogP contribution in [0.15, 0.2) is 6.33 Å². The molecule has 112 valence electrons. The predicted molar refractivity (Wildman–Crippen MR) is 65.0 cm³/mol. The maximum atomic E-state index is 13.2. The minimum absolute atomic E-state index is 0.201. The van der Waals surface area contributed by atoms with Gasteiger partial charge >= 0.3 is 6.18 Å². The average Bonchev–Trinajstić information content (AvgIpc) is 2.98. The minimum Gasteiger partial charge on any atom is -0.315 e. The fourth-order valence-electron chi connectivity index (χ4n) is 2.47. The van der Waals surface area contributed by atoms with E-state index in [-0.39, 0.29) is 25.9 Å². The predicted octanol–water partition coefficient (Wildman–Crippen LogP) is 1.34. The molecule has 20 heavy (non-hydrogen) atoms. The summed E-state index contributed by atoms with van der Waals surface area (Å²) in [6.07, 6.45) is -3.04. The Kier molecular flexibility index (Phi) is 4.12. The molecule has 2 heterocycles. The number of Topliss-reactive ketones (excluding diaryl/α,β-unsaturated/α-hetero) is 1. The van der Waals surface area contributed by atoms with E-state index < -0.39 is 17.4 Å². The first-order valence-electron chi connectivity index (χ1n) is 6.58. The highest BCUT2D eigenvalue weighted by molar-refractivity contribution is 5.87. The van der Waals surface area contributed by atoms with Crippen LogP contribution in [0.2, 0.25) is 0 Å². The van der Waals surface area contributed by atoms with Gasteiger partial charge in [-0.1, -0.05) is 6.92 Å². The summed E-state index contributed by atoms with van der Waals surface area (Å²) in [6.45, 7) is 2.31. The number of aryl methyl sites for hydroxylation is 1. The molecule has 1 fully saturated rings. The van der Waals surface area contributed by atoms with Gasteiger partial charge in [0, 0.05) is 13.1 Å². The molecule has 0 radical (unpaired) electrons. The molecular formula is C12H17F3N4O. The Balaban J connectivity index is 2.19. The van der Waals surface area contributed by atoms with Crippen LogP contribution >= 0.6 is 0 Å². The van der Waals surface area contributed by atoms with Crippen molar-refractivity contribution in [3.63, 3.8) is 0 Å². The first kappa shape index (κ1) is 15.0. The molecule has 8 heteroatoms. The van der Waals surface area contributed by atoms with Gasteiger partial charge in [-0.15, -0.1) is 0 Å². The standard InChI is InChI=1S/C12H17F3N4O/c1-2-5-19-10(17-8-18-19)6-9(20)11(12(13,14)15)3-4-16-7-11/h8,16H,2-7H2,1H3. The van der Waals surface area contributed by atoms with E-state index in [1.807, 2.05) is 6.92 Å². The number of aromatic nitrogens is 3. The Morgan fingerprint density at radius 3 is 2.85 bits per heavy atom. The second kappa shape index (κ2) is 5.51. The third kappa shape index (κ3) is 2.56. The molecule has 2 rings (SSSR count). The summed E-state index contributed by atoms with van der Waals surface area (Å²) in [7, 11) is 0. The monoisotopic (exact) mass is 290 g/mol. The highest BCUT2D eigenvalue weighted by atomic mass is 19.4. The van der Waals surface area contributed by atoms with Crippen molar-refractivity contribution >= 4 is 5.78 Å². The summed E-state index contributed by atoms with van der Waals surface area (Å²) in [5, 5.41) is 6.56. The molecule has 1 aromatic heterocycles. The van der Waals surface area contributed by atoms with Gasteiger partial charge in [0.25, 0.3) is 0 Å². The molecule has 1 saturated heterocycles. The van der Waals surface area contributed by atoms with Gasteiger partial charge in [0.05, 0.1) is 6.42 Å². The Morgan fingerprint density at radius 2 is 2.30 bits per heavy atom. The number of halogens is 3. The summed E-state index contributed by atoms with van der Waals surface area (Å²) in [5.41, 5.74) is -2.28. The quantitative estimate of drug-likeness (QED) is 0.889. The Labute approximate surface area is 114 Å². The highest BCUT2D eigenvalue weighted by Crippen LogP contribution is 2.44. The molecule has 5 nitrogen and oxygen atoms in total. The number of rotatable bonds is 5. The van der Waals surface area contributed by atoms with E-state index in [9.17, 15) is 18.0 Å². The second-order valence-electron chi connectivity index (χ2n) is 5.01. The molecular weight excluding hydrogens is 273 g/mol. The van der Waals surface area contributed by atoms with Crippen molar-refractivity contribution < 1.29 is 18.0 Å². The van der Waals surface area contributed by atoms with Crippen LogP contribution in [0, 0.1) is 5.41 Å². The first-order valence-corrected chi connectivity index (χ1v) is 6.58. The normalized spacial score (nSPS) is 23.2. The molecule has 1 N–H and O–H groups in total. The molecule has 0 spiro atoms. The molecule has 1 aliphatic rings. The van der Waals surface area contributed by atoms with Gasteiger partial charge in [0.1, 0.15) is 17.6 Å². The van der Waals surface area contributed by atoms with Gasteiger partial charge in [-0.25, -0.2) is 9.67 Å². The van der Waals surface area contributed by atoms with Gasteiger partial charge < -0.3 is 5.32 Å². The molecule has 0 aromatic carbocycles. The minimum atomic E-state index is -4.54. The lowest BCUT2D eigenvalue weighted by molar-refractivity contribution is -0.214. The lowest BCUT2D eigenvalue weighted by Crippen LogP contribution is -2.47. The number of nitrogens with zero attached hydrogens (tertiary/aromatic N) is 3. The fourth-order valence-corrected chi connectivity index (χ4v) is 2.47. The van der Waals surface area contributed by atoms with Crippen LogP contribution in [0.5, 0.6) is 0 Å². The van der Waals surface area contributed by atoms with Crippen LogP contribution in [0.4, 0.5) is 13.2 Å². The number of alkyl halides is 3. The Morgan fingerprint density at radius 1 is 1.55 bits per heavy atom. The van der Waals surface area contributed by atoms with Crippen molar-refractivity contribution in [3.05, 3.63) is 12.2 Å². The Bertz CT molecular complexity index is 477. The summed E-state index contributed by atoms with van der Waals surface area (Å²) >= 11 is 0. The van der Waals surface area contributed by atoms with Gasteiger partial charge in [-0.3, -0.25) is 4.79 Å². The van der Waals surface area contributed by atoms with Gasteiger partial charge in [0.15, 0.2) is 5.78 Å². The molecule has 1 aliphatic heterocycles. The number of hydrogen-bond donors (Lipinski definition) is 1. The highest BCUT2D eigenvalue weighted by Gasteiger charge is 2.60. The average molecular weight is 290 g/mol. The molecule has 1 unspecified atom stereocenters. The van der Waals surface area contributed by atoms with Gasteiger partial charge in [-0.05, 0) is 19.4 Å². The summed E-state index contributed by atoms with van der Waals surface area (Å²) < 4.78 is 41.2. The van der Waals surface area contributed by atoms with E-state index in [4.69, 9.17) is 0 Å². The summed E-state index contributed by atoms with van der Waals surface area (Å²) in [6, 6.07) is 0. The van der Waals surface area contributed by atoms with Crippen molar-refractivity contribution in [1.82, 2.24) is 20.1 Å². The van der Waals surface area contributed by atoms with E-state index in [1.165, 1.54) is 11.0 Å². The van der Waals surface area contributed by atoms with Crippen molar-refractivity contribution in [1.29, 1.82) is 0 Å². The third-order valence-corrected chi connectivity index (χ3v) is 3.68. The van der Waals surface area contributed by atoms with Crippen LogP contribution in [-0.4, -0.2) is 39.8 Å². The molecule has 0 aliphatic carbocycles. The maximum Gasteiger partial charge on any atom is 0.402 e. The van der Waals surface area contributed by atoms with E-state index in [2.05, 4.69) is 15.4 Å². The smallest absolute Gasteiger partial charge is 0.315 e. The number of hydrogen-bond acceptors (Lipinski definition) is 4. The summed E-state index contributed by atoms with van der Waals surface area (Å²) in [4.78, 5) is 16.1. The topological polar surface area (TPSA) is 59.8 Å². The SMILES string of the molecule is CCCn1ncnc1CC(=O)C1(C(F)(F)F)CCNC1. The first-order chi connectivity index (χ1) is 9.40. The van der Waals surface area contributed by atoms with Crippen LogP contribution in [0.3, 0.4) is 0 Å². The van der Waals surface area contributed by atoms with Crippen LogP contribution in [0.25, 0.3) is 0 Å². The van der Waals surface area contributed by atoms with Crippen molar-refractivity contribution in [2.24, 2.45) is 5.41 Å².